The fourth-order valence-corrected chi connectivity index (χ4v) is 2.56. The highest BCUT2D eigenvalue weighted by atomic mass is 15.2. The zero-order valence-electron chi connectivity index (χ0n) is 9.28. The zero-order chi connectivity index (χ0) is 10.5. The van der Waals surface area contributed by atoms with Gasteiger partial charge in [-0.25, -0.2) is 0 Å². The molecule has 0 aromatic heterocycles. The van der Waals surface area contributed by atoms with E-state index in [9.17, 15) is 0 Å². The Kier molecular flexibility index (Phi) is 3.95. The third kappa shape index (κ3) is 3.16. The minimum Gasteiger partial charge on any atom is -0.314 e. The normalized spacial score (nSPS) is 29.1. The van der Waals surface area contributed by atoms with E-state index in [1.165, 1.54) is 26.1 Å². The Balaban J connectivity index is 1.69. The van der Waals surface area contributed by atoms with Gasteiger partial charge in [0.05, 0.1) is 12.6 Å². The van der Waals surface area contributed by atoms with Crippen molar-refractivity contribution in [3.63, 3.8) is 0 Å². The first kappa shape index (κ1) is 10.9. The topological polar surface area (TPSA) is 42.3 Å². The molecular weight excluding hydrogens is 188 g/mol. The molecule has 0 bridgehead atoms. The first-order valence-corrected chi connectivity index (χ1v) is 5.91. The molecule has 2 heterocycles. The lowest BCUT2D eigenvalue weighted by molar-refractivity contribution is 0.205. The van der Waals surface area contributed by atoms with E-state index in [4.69, 9.17) is 5.26 Å². The van der Waals surface area contributed by atoms with Gasteiger partial charge >= 0.3 is 0 Å². The van der Waals surface area contributed by atoms with Crippen LogP contribution in [-0.4, -0.2) is 62.2 Å². The van der Waals surface area contributed by atoms with Gasteiger partial charge in [-0.3, -0.25) is 4.90 Å². The molecule has 0 saturated carbocycles. The van der Waals surface area contributed by atoms with E-state index in [1.54, 1.807) is 0 Å². The summed E-state index contributed by atoms with van der Waals surface area (Å²) in [5.74, 6) is 0.788. The summed E-state index contributed by atoms with van der Waals surface area (Å²) in [6.45, 7) is 8.72. The van der Waals surface area contributed by atoms with Crippen molar-refractivity contribution in [2.45, 2.75) is 6.42 Å². The molecular formula is C11H20N4. The molecule has 2 aliphatic rings. The number of nitriles is 1. The van der Waals surface area contributed by atoms with Crippen molar-refractivity contribution in [2.75, 3.05) is 52.4 Å². The monoisotopic (exact) mass is 208 g/mol. The standard InChI is InChI=1S/C11H20N4/c12-2-6-14-5-1-11(9-14)10-15-7-3-13-4-8-15/h11,13H,1,3-10H2. The van der Waals surface area contributed by atoms with Gasteiger partial charge in [-0.15, -0.1) is 0 Å². The quantitative estimate of drug-likeness (QED) is 0.649. The Labute approximate surface area is 91.8 Å². The Morgan fingerprint density at radius 2 is 2.00 bits per heavy atom. The maximum atomic E-state index is 8.62. The molecule has 15 heavy (non-hydrogen) atoms. The smallest absolute Gasteiger partial charge is 0.0866 e. The second-order valence-corrected chi connectivity index (χ2v) is 4.60. The fraction of sp³-hybridized carbons (Fsp3) is 0.909. The average Bonchev–Trinajstić information content (AvgIpc) is 2.68. The van der Waals surface area contributed by atoms with Crippen molar-refractivity contribution in [1.82, 2.24) is 15.1 Å². The van der Waals surface area contributed by atoms with Crippen molar-refractivity contribution in [2.24, 2.45) is 5.92 Å². The molecule has 1 N–H and O–H groups in total. The van der Waals surface area contributed by atoms with Crippen molar-refractivity contribution >= 4 is 0 Å². The number of nitrogens with zero attached hydrogens (tertiary/aromatic N) is 3. The van der Waals surface area contributed by atoms with Crippen molar-refractivity contribution < 1.29 is 0 Å². The number of hydrogen-bond acceptors (Lipinski definition) is 4. The summed E-state index contributed by atoms with van der Waals surface area (Å²) in [5.41, 5.74) is 0. The van der Waals surface area contributed by atoms with E-state index in [0.717, 1.165) is 32.1 Å². The van der Waals surface area contributed by atoms with E-state index in [-0.39, 0.29) is 0 Å². The van der Waals surface area contributed by atoms with E-state index in [1.807, 2.05) is 0 Å². The predicted octanol–water partition coefficient (Wildman–Crippen LogP) is -0.263. The summed E-state index contributed by atoms with van der Waals surface area (Å²) in [6.07, 6.45) is 1.27. The maximum absolute atomic E-state index is 8.62. The van der Waals surface area contributed by atoms with Crippen molar-refractivity contribution in [3.05, 3.63) is 0 Å². The van der Waals surface area contributed by atoms with Gasteiger partial charge in [-0.2, -0.15) is 5.26 Å². The second kappa shape index (κ2) is 5.45. The molecule has 2 rings (SSSR count). The first-order valence-electron chi connectivity index (χ1n) is 5.91. The highest BCUT2D eigenvalue weighted by Crippen LogP contribution is 2.16. The highest BCUT2D eigenvalue weighted by molar-refractivity contribution is 4.85. The molecule has 0 aromatic carbocycles. The van der Waals surface area contributed by atoms with Gasteiger partial charge in [0.2, 0.25) is 0 Å². The van der Waals surface area contributed by atoms with E-state index in [2.05, 4.69) is 21.2 Å². The number of piperazine rings is 1. The Morgan fingerprint density at radius 1 is 1.20 bits per heavy atom. The van der Waals surface area contributed by atoms with Crippen molar-refractivity contribution in [3.8, 4) is 6.07 Å². The van der Waals surface area contributed by atoms with Crippen LogP contribution in [0.4, 0.5) is 0 Å². The SMILES string of the molecule is N#CCN1CCC(CN2CCNCC2)C1. The van der Waals surface area contributed by atoms with E-state index in [0.29, 0.717) is 6.54 Å². The highest BCUT2D eigenvalue weighted by Gasteiger charge is 2.24. The summed E-state index contributed by atoms with van der Waals surface area (Å²) < 4.78 is 0. The third-order valence-electron chi connectivity index (χ3n) is 3.39. The first-order chi connectivity index (χ1) is 7.38. The molecule has 0 spiro atoms. The Hall–Kier alpha value is -0.630. The third-order valence-corrected chi connectivity index (χ3v) is 3.39. The molecule has 4 heteroatoms. The number of hydrogen-bond donors (Lipinski definition) is 1. The molecule has 2 fully saturated rings. The van der Waals surface area contributed by atoms with Crippen LogP contribution >= 0.6 is 0 Å². The van der Waals surface area contributed by atoms with Crippen LogP contribution in [0.3, 0.4) is 0 Å². The lowest BCUT2D eigenvalue weighted by Gasteiger charge is -2.29. The molecule has 1 unspecified atom stereocenters. The molecule has 84 valence electrons. The van der Waals surface area contributed by atoms with Crippen LogP contribution in [0.15, 0.2) is 0 Å². The molecule has 2 saturated heterocycles. The zero-order valence-corrected chi connectivity index (χ0v) is 9.28. The van der Waals surface area contributed by atoms with E-state index < -0.39 is 0 Å². The fourth-order valence-electron chi connectivity index (χ4n) is 2.56. The van der Waals surface area contributed by atoms with Crippen LogP contribution in [0.5, 0.6) is 0 Å². The van der Waals surface area contributed by atoms with Crippen LogP contribution in [-0.2, 0) is 0 Å². The Bertz CT molecular complexity index is 229. The minimum atomic E-state index is 0.609. The molecule has 0 amide bonds. The summed E-state index contributed by atoms with van der Waals surface area (Å²) in [7, 11) is 0. The lowest BCUT2D eigenvalue weighted by Crippen LogP contribution is -2.45. The summed E-state index contributed by atoms with van der Waals surface area (Å²) in [5, 5.41) is 12.0. The van der Waals surface area contributed by atoms with Crippen molar-refractivity contribution in [1.29, 1.82) is 5.26 Å². The molecule has 0 aromatic rings. The molecule has 0 aliphatic carbocycles. The van der Waals surface area contributed by atoms with Gasteiger partial charge in [0.25, 0.3) is 0 Å². The Morgan fingerprint density at radius 3 is 2.73 bits per heavy atom. The average molecular weight is 208 g/mol. The van der Waals surface area contributed by atoms with Crippen LogP contribution in [0, 0.1) is 17.2 Å². The van der Waals surface area contributed by atoms with Crippen LogP contribution < -0.4 is 5.32 Å². The van der Waals surface area contributed by atoms with Crippen LogP contribution in [0.2, 0.25) is 0 Å². The van der Waals surface area contributed by atoms with E-state index >= 15 is 0 Å². The molecule has 0 radical (unpaired) electrons. The number of likely N-dealkylation sites (tertiary alicyclic amines) is 1. The number of rotatable bonds is 3. The van der Waals surface area contributed by atoms with Gasteiger partial charge in [-0.05, 0) is 18.9 Å². The number of nitrogens with one attached hydrogen (secondary N) is 1. The molecule has 4 nitrogen and oxygen atoms in total. The minimum absolute atomic E-state index is 0.609. The molecule has 1 atom stereocenters. The second-order valence-electron chi connectivity index (χ2n) is 4.60. The lowest BCUT2D eigenvalue weighted by atomic mass is 10.1. The summed E-state index contributed by atoms with van der Waals surface area (Å²) in [6, 6.07) is 2.24. The largest absolute Gasteiger partial charge is 0.314 e. The van der Waals surface area contributed by atoms with Gasteiger partial charge in [0.1, 0.15) is 0 Å². The van der Waals surface area contributed by atoms with Crippen LogP contribution in [0.25, 0.3) is 0 Å². The van der Waals surface area contributed by atoms with Crippen LogP contribution in [0.1, 0.15) is 6.42 Å². The predicted molar refractivity (Wildman–Crippen MR) is 59.5 cm³/mol. The van der Waals surface area contributed by atoms with Gasteiger partial charge in [0, 0.05) is 39.3 Å². The summed E-state index contributed by atoms with van der Waals surface area (Å²) >= 11 is 0. The molecule has 2 aliphatic heterocycles. The summed E-state index contributed by atoms with van der Waals surface area (Å²) in [4.78, 5) is 4.82. The van der Waals surface area contributed by atoms with Gasteiger partial charge in [-0.1, -0.05) is 0 Å². The van der Waals surface area contributed by atoms with Gasteiger partial charge in [0.15, 0.2) is 0 Å². The maximum Gasteiger partial charge on any atom is 0.0866 e. The van der Waals surface area contributed by atoms with Gasteiger partial charge < -0.3 is 10.2 Å².